The maximum Gasteiger partial charge on any atom is 0.175 e. The Bertz CT molecular complexity index is 703. The summed E-state index contributed by atoms with van der Waals surface area (Å²) in [5.41, 5.74) is 0.311. The number of halogens is 2. The first-order valence-corrected chi connectivity index (χ1v) is 7.72. The van der Waals surface area contributed by atoms with E-state index in [0.29, 0.717) is 16.3 Å². The van der Waals surface area contributed by atoms with Crippen LogP contribution in [0.5, 0.6) is 5.75 Å². The van der Waals surface area contributed by atoms with E-state index in [1.165, 1.54) is 37.4 Å². The summed E-state index contributed by atoms with van der Waals surface area (Å²) >= 11 is 5.94. The SMILES string of the molecule is COc1ccc(C(=O)CS(=O)c2ccccc2F)cc1Cl. The van der Waals surface area contributed by atoms with Crippen LogP contribution in [0.4, 0.5) is 4.39 Å². The molecule has 21 heavy (non-hydrogen) atoms. The lowest BCUT2D eigenvalue weighted by Crippen LogP contribution is -2.12. The second kappa shape index (κ2) is 6.83. The van der Waals surface area contributed by atoms with Gasteiger partial charge in [0.25, 0.3) is 0 Å². The van der Waals surface area contributed by atoms with Crippen molar-refractivity contribution in [2.75, 3.05) is 12.9 Å². The molecule has 0 amide bonds. The number of hydrogen-bond donors (Lipinski definition) is 0. The highest BCUT2D eigenvalue weighted by Gasteiger charge is 2.16. The van der Waals surface area contributed by atoms with Crippen molar-refractivity contribution < 1.29 is 18.1 Å². The normalized spacial score (nSPS) is 12.0. The van der Waals surface area contributed by atoms with Crippen LogP contribution < -0.4 is 4.74 Å². The van der Waals surface area contributed by atoms with Crippen LogP contribution in [-0.4, -0.2) is 22.9 Å². The van der Waals surface area contributed by atoms with Crippen LogP contribution in [0.1, 0.15) is 10.4 Å². The minimum Gasteiger partial charge on any atom is -0.495 e. The van der Waals surface area contributed by atoms with E-state index >= 15 is 0 Å². The number of methoxy groups -OCH3 is 1. The number of rotatable bonds is 5. The molecule has 0 aliphatic rings. The molecule has 0 N–H and O–H groups in total. The van der Waals surface area contributed by atoms with Gasteiger partial charge in [0.2, 0.25) is 0 Å². The van der Waals surface area contributed by atoms with Crippen molar-refractivity contribution in [2.24, 2.45) is 0 Å². The zero-order valence-electron chi connectivity index (χ0n) is 11.1. The highest BCUT2D eigenvalue weighted by molar-refractivity contribution is 7.85. The molecular weight excluding hydrogens is 315 g/mol. The van der Waals surface area contributed by atoms with Crippen LogP contribution in [0.25, 0.3) is 0 Å². The second-order valence-electron chi connectivity index (χ2n) is 4.19. The van der Waals surface area contributed by atoms with Gasteiger partial charge in [-0.05, 0) is 30.3 Å². The van der Waals surface area contributed by atoms with E-state index in [1.807, 2.05) is 0 Å². The predicted molar refractivity (Wildman–Crippen MR) is 80.0 cm³/mol. The number of hydrogen-bond acceptors (Lipinski definition) is 3. The third-order valence-corrected chi connectivity index (χ3v) is 4.46. The van der Waals surface area contributed by atoms with Gasteiger partial charge in [0.05, 0.1) is 33.6 Å². The van der Waals surface area contributed by atoms with Crippen LogP contribution in [-0.2, 0) is 10.8 Å². The lowest BCUT2D eigenvalue weighted by atomic mass is 10.1. The summed E-state index contributed by atoms with van der Waals surface area (Å²) in [5.74, 6) is -0.815. The molecule has 2 aromatic carbocycles. The maximum atomic E-state index is 13.5. The van der Waals surface area contributed by atoms with Gasteiger partial charge in [-0.25, -0.2) is 4.39 Å². The number of carbonyl (C=O) groups excluding carboxylic acids is 1. The Kier molecular flexibility index (Phi) is 5.09. The zero-order valence-corrected chi connectivity index (χ0v) is 12.7. The Morgan fingerprint density at radius 2 is 2.00 bits per heavy atom. The number of ketones is 1. The summed E-state index contributed by atoms with van der Waals surface area (Å²) in [5, 5.41) is 0.292. The quantitative estimate of drug-likeness (QED) is 0.790. The molecule has 0 fully saturated rings. The summed E-state index contributed by atoms with van der Waals surface area (Å²) in [6.07, 6.45) is 0. The highest BCUT2D eigenvalue weighted by Crippen LogP contribution is 2.25. The summed E-state index contributed by atoms with van der Waals surface area (Å²) < 4.78 is 30.6. The topological polar surface area (TPSA) is 43.4 Å². The first kappa shape index (κ1) is 15.7. The third kappa shape index (κ3) is 3.68. The molecule has 0 saturated carbocycles. The Balaban J connectivity index is 2.17. The predicted octanol–water partition coefficient (Wildman–Crippen LogP) is 3.48. The van der Waals surface area contributed by atoms with Gasteiger partial charge >= 0.3 is 0 Å². The molecule has 2 aromatic rings. The average Bonchev–Trinajstić information content (AvgIpc) is 2.47. The Hall–Kier alpha value is -1.72. The molecule has 110 valence electrons. The smallest absolute Gasteiger partial charge is 0.175 e. The van der Waals surface area contributed by atoms with Gasteiger partial charge in [-0.1, -0.05) is 23.7 Å². The van der Waals surface area contributed by atoms with E-state index < -0.39 is 16.6 Å². The molecule has 6 heteroatoms. The molecular formula is C15H12ClFO3S. The minimum absolute atomic E-state index is 0.0189. The van der Waals surface area contributed by atoms with Gasteiger partial charge in [-0.15, -0.1) is 0 Å². The maximum absolute atomic E-state index is 13.5. The van der Waals surface area contributed by atoms with Gasteiger partial charge < -0.3 is 4.74 Å². The summed E-state index contributed by atoms with van der Waals surface area (Å²) in [4.78, 5) is 12.1. The number of benzene rings is 2. The second-order valence-corrected chi connectivity index (χ2v) is 6.02. The molecule has 0 radical (unpaired) electrons. The van der Waals surface area contributed by atoms with E-state index in [4.69, 9.17) is 16.3 Å². The largest absolute Gasteiger partial charge is 0.495 e. The molecule has 0 aliphatic heterocycles. The lowest BCUT2D eigenvalue weighted by molar-refractivity contribution is 0.102. The molecule has 2 rings (SSSR count). The van der Waals surface area contributed by atoms with Crippen molar-refractivity contribution in [1.29, 1.82) is 0 Å². The first-order chi connectivity index (χ1) is 10.0. The molecule has 0 spiro atoms. The minimum atomic E-state index is -1.74. The van der Waals surface area contributed by atoms with E-state index in [-0.39, 0.29) is 16.4 Å². The molecule has 1 atom stereocenters. The van der Waals surface area contributed by atoms with E-state index in [1.54, 1.807) is 12.1 Å². The van der Waals surface area contributed by atoms with E-state index in [0.717, 1.165) is 0 Å². The van der Waals surface area contributed by atoms with Gasteiger partial charge in [0.1, 0.15) is 11.6 Å². The Labute approximate surface area is 129 Å². The zero-order chi connectivity index (χ0) is 15.4. The van der Waals surface area contributed by atoms with E-state index in [2.05, 4.69) is 0 Å². The molecule has 0 saturated heterocycles. The standard InChI is InChI=1S/C15H12ClFO3S/c1-20-14-7-6-10(8-11(14)16)13(18)9-21(19)15-5-3-2-4-12(15)17/h2-8H,9H2,1H3. The van der Waals surface area contributed by atoms with Gasteiger partial charge in [-0.3, -0.25) is 9.00 Å². The first-order valence-electron chi connectivity index (χ1n) is 6.02. The number of carbonyl (C=O) groups is 1. The monoisotopic (exact) mass is 326 g/mol. The highest BCUT2D eigenvalue weighted by atomic mass is 35.5. The van der Waals surface area contributed by atoms with Gasteiger partial charge in [0, 0.05) is 5.56 Å². The van der Waals surface area contributed by atoms with E-state index in [9.17, 15) is 13.4 Å². The summed E-state index contributed by atoms with van der Waals surface area (Å²) in [6.45, 7) is 0. The van der Waals surface area contributed by atoms with Gasteiger partial charge in [0.15, 0.2) is 5.78 Å². The van der Waals surface area contributed by atoms with Crippen LogP contribution >= 0.6 is 11.6 Å². The third-order valence-electron chi connectivity index (χ3n) is 2.82. The number of Topliss-reactive ketones (excluding diaryl/α,β-unsaturated/α-hetero) is 1. The average molecular weight is 327 g/mol. The van der Waals surface area contributed by atoms with Crippen LogP contribution in [0, 0.1) is 5.82 Å². The van der Waals surface area contributed by atoms with Crippen molar-refractivity contribution in [3.63, 3.8) is 0 Å². The fourth-order valence-electron chi connectivity index (χ4n) is 1.75. The van der Waals surface area contributed by atoms with Crippen molar-refractivity contribution in [3.8, 4) is 5.75 Å². The summed E-state index contributed by atoms with van der Waals surface area (Å²) in [6, 6.07) is 10.2. The van der Waals surface area contributed by atoms with Crippen LogP contribution in [0.15, 0.2) is 47.4 Å². The van der Waals surface area contributed by atoms with Crippen molar-refractivity contribution in [1.82, 2.24) is 0 Å². The van der Waals surface area contributed by atoms with Crippen LogP contribution in [0.2, 0.25) is 5.02 Å². The molecule has 0 aliphatic carbocycles. The Morgan fingerprint density at radius 1 is 1.29 bits per heavy atom. The molecule has 0 aromatic heterocycles. The molecule has 1 unspecified atom stereocenters. The van der Waals surface area contributed by atoms with Crippen LogP contribution in [0.3, 0.4) is 0 Å². The summed E-state index contributed by atoms with van der Waals surface area (Å²) in [7, 11) is -0.270. The number of ether oxygens (including phenoxy) is 1. The lowest BCUT2D eigenvalue weighted by Gasteiger charge is -2.06. The van der Waals surface area contributed by atoms with Gasteiger partial charge in [-0.2, -0.15) is 0 Å². The van der Waals surface area contributed by atoms with Crippen molar-refractivity contribution in [2.45, 2.75) is 4.90 Å². The molecule has 0 bridgehead atoms. The Morgan fingerprint density at radius 3 is 2.62 bits per heavy atom. The molecule has 3 nitrogen and oxygen atoms in total. The fraction of sp³-hybridized carbons (Fsp3) is 0.133. The van der Waals surface area contributed by atoms with Crippen molar-refractivity contribution >= 4 is 28.2 Å². The van der Waals surface area contributed by atoms with Crippen molar-refractivity contribution in [3.05, 3.63) is 58.9 Å². The fourth-order valence-corrected chi connectivity index (χ4v) is 3.08. The molecule has 0 heterocycles.